The number of hydrogen-bond acceptors (Lipinski definition) is 2. The third-order valence-corrected chi connectivity index (χ3v) is 3.33. The van der Waals surface area contributed by atoms with Gasteiger partial charge in [-0.05, 0) is 44.6 Å². The fourth-order valence-electron chi connectivity index (χ4n) is 1.05. The Balaban J connectivity index is 2.88. The van der Waals surface area contributed by atoms with Gasteiger partial charge in [-0.3, -0.25) is 4.68 Å². The number of pyridine rings is 1. The van der Waals surface area contributed by atoms with Crippen molar-refractivity contribution in [3.63, 3.8) is 0 Å². The summed E-state index contributed by atoms with van der Waals surface area (Å²) in [7, 11) is 1.93. The van der Waals surface area contributed by atoms with Gasteiger partial charge in [0.05, 0.1) is 6.20 Å². The van der Waals surface area contributed by atoms with Crippen LogP contribution in [0, 0.1) is 3.70 Å². The van der Waals surface area contributed by atoms with E-state index in [4.69, 9.17) is 0 Å². The van der Waals surface area contributed by atoms with Crippen molar-refractivity contribution in [3.05, 3.63) is 20.6 Å². The first-order chi connectivity index (χ1) is 5.68. The van der Waals surface area contributed by atoms with Crippen LogP contribution in [0.15, 0.2) is 16.9 Å². The highest BCUT2D eigenvalue weighted by molar-refractivity contribution is 14.1. The Labute approximate surface area is 91.4 Å². The second kappa shape index (κ2) is 2.95. The fourth-order valence-corrected chi connectivity index (χ4v) is 1.92. The Kier molecular flexibility index (Phi) is 2.07. The molecule has 0 aliphatic heterocycles. The molecule has 2 rings (SSSR count). The van der Waals surface area contributed by atoms with Crippen LogP contribution in [0.2, 0.25) is 0 Å². The van der Waals surface area contributed by atoms with Crippen LogP contribution in [0.1, 0.15) is 0 Å². The van der Waals surface area contributed by atoms with E-state index in [1.807, 2.05) is 17.8 Å². The quantitative estimate of drug-likeness (QED) is 0.545. The zero-order chi connectivity index (χ0) is 8.72. The zero-order valence-electron chi connectivity index (χ0n) is 6.25. The van der Waals surface area contributed by atoms with Gasteiger partial charge in [-0.15, -0.1) is 0 Å². The van der Waals surface area contributed by atoms with Crippen LogP contribution in [-0.4, -0.2) is 14.8 Å². The van der Waals surface area contributed by atoms with Gasteiger partial charge in [-0.25, -0.2) is 4.98 Å². The van der Waals surface area contributed by atoms with Crippen LogP contribution < -0.4 is 0 Å². The van der Waals surface area contributed by atoms with Crippen molar-refractivity contribution in [1.82, 2.24) is 14.8 Å². The van der Waals surface area contributed by atoms with Gasteiger partial charge in [0, 0.05) is 12.4 Å². The molecular weight excluding hydrogens is 333 g/mol. The maximum atomic E-state index is 4.28. The lowest BCUT2D eigenvalue weighted by Gasteiger charge is -1.89. The van der Waals surface area contributed by atoms with Gasteiger partial charge in [-0.1, -0.05) is 0 Å². The molecule has 5 heteroatoms. The smallest absolute Gasteiger partial charge is 0.112 e. The second-order valence-corrected chi connectivity index (χ2v) is 4.27. The number of halogens is 2. The van der Waals surface area contributed by atoms with Crippen LogP contribution in [-0.2, 0) is 7.05 Å². The van der Waals surface area contributed by atoms with E-state index in [-0.39, 0.29) is 0 Å². The summed E-state index contributed by atoms with van der Waals surface area (Å²) in [5, 5.41) is 5.42. The molecule has 0 aliphatic carbocycles. The molecule has 12 heavy (non-hydrogen) atoms. The van der Waals surface area contributed by atoms with Crippen molar-refractivity contribution >= 4 is 49.4 Å². The number of aromatic nitrogens is 3. The molecule has 0 unspecified atom stereocenters. The summed E-state index contributed by atoms with van der Waals surface area (Å²) in [5.41, 5.74) is 0.935. The van der Waals surface area contributed by atoms with Crippen molar-refractivity contribution in [2.45, 2.75) is 0 Å². The molecule has 2 aromatic rings. The maximum absolute atomic E-state index is 4.28. The standard InChI is InChI=1S/C7H5BrIN3/c1-12-7(9)4-2-6(8)10-3-5(4)11-12/h2-3H,1H3. The molecule has 0 bridgehead atoms. The van der Waals surface area contributed by atoms with E-state index >= 15 is 0 Å². The van der Waals surface area contributed by atoms with E-state index < -0.39 is 0 Å². The Morgan fingerprint density at radius 3 is 3.08 bits per heavy atom. The first-order valence-corrected chi connectivity index (χ1v) is 5.19. The Bertz CT molecular complexity index is 437. The lowest BCUT2D eigenvalue weighted by atomic mass is 10.3. The highest BCUT2D eigenvalue weighted by atomic mass is 127. The van der Waals surface area contributed by atoms with Crippen molar-refractivity contribution < 1.29 is 0 Å². The number of fused-ring (bicyclic) bond motifs is 1. The van der Waals surface area contributed by atoms with Crippen molar-refractivity contribution in [2.75, 3.05) is 0 Å². The predicted molar refractivity (Wildman–Crippen MR) is 58.9 cm³/mol. The third-order valence-electron chi connectivity index (χ3n) is 1.61. The molecule has 0 atom stereocenters. The predicted octanol–water partition coefficient (Wildman–Crippen LogP) is 2.34. The van der Waals surface area contributed by atoms with Crippen LogP contribution in [0.25, 0.3) is 10.9 Å². The lowest BCUT2D eigenvalue weighted by molar-refractivity contribution is 0.758. The largest absolute Gasteiger partial charge is 0.261 e. The summed E-state index contributed by atoms with van der Waals surface area (Å²) in [6.45, 7) is 0. The van der Waals surface area contributed by atoms with E-state index in [1.165, 1.54) is 0 Å². The molecule has 0 saturated heterocycles. The topological polar surface area (TPSA) is 30.7 Å². The summed E-state index contributed by atoms with van der Waals surface area (Å²) in [5.74, 6) is 0. The van der Waals surface area contributed by atoms with Crippen molar-refractivity contribution in [3.8, 4) is 0 Å². The molecule has 3 nitrogen and oxygen atoms in total. The van der Waals surface area contributed by atoms with Gasteiger partial charge in [0.1, 0.15) is 13.8 Å². The van der Waals surface area contributed by atoms with Gasteiger partial charge in [-0.2, -0.15) is 5.10 Å². The fraction of sp³-hybridized carbons (Fsp3) is 0.143. The number of hydrogen-bond donors (Lipinski definition) is 0. The molecular formula is C7H5BrIN3. The van der Waals surface area contributed by atoms with Crippen LogP contribution in [0.4, 0.5) is 0 Å². The lowest BCUT2D eigenvalue weighted by Crippen LogP contribution is -1.91. The maximum Gasteiger partial charge on any atom is 0.112 e. The molecule has 2 heterocycles. The summed E-state index contributed by atoms with van der Waals surface area (Å²) >= 11 is 5.59. The number of aryl methyl sites for hydroxylation is 1. The van der Waals surface area contributed by atoms with E-state index in [0.29, 0.717) is 0 Å². The van der Waals surface area contributed by atoms with Crippen LogP contribution in [0.3, 0.4) is 0 Å². The van der Waals surface area contributed by atoms with Crippen LogP contribution >= 0.6 is 38.5 Å². The number of nitrogens with zero attached hydrogens (tertiary/aromatic N) is 3. The molecule has 0 radical (unpaired) electrons. The van der Waals surface area contributed by atoms with Gasteiger partial charge in [0.25, 0.3) is 0 Å². The van der Waals surface area contributed by atoms with Gasteiger partial charge >= 0.3 is 0 Å². The average Bonchev–Trinajstić information content (AvgIpc) is 2.31. The molecule has 0 spiro atoms. The normalized spacial score (nSPS) is 10.9. The van der Waals surface area contributed by atoms with Crippen molar-refractivity contribution in [2.24, 2.45) is 7.05 Å². The number of rotatable bonds is 0. The monoisotopic (exact) mass is 337 g/mol. The summed E-state index contributed by atoms with van der Waals surface area (Å²) in [4.78, 5) is 4.10. The van der Waals surface area contributed by atoms with E-state index in [9.17, 15) is 0 Å². The Morgan fingerprint density at radius 1 is 1.58 bits per heavy atom. The minimum absolute atomic E-state index is 0.848. The van der Waals surface area contributed by atoms with Crippen LogP contribution in [0.5, 0.6) is 0 Å². The molecule has 2 aromatic heterocycles. The summed E-state index contributed by atoms with van der Waals surface area (Å²) in [6.07, 6.45) is 1.77. The summed E-state index contributed by atoms with van der Waals surface area (Å²) < 4.78 is 3.82. The highest BCUT2D eigenvalue weighted by Gasteiger charge is 2.05. The third kappa shape index (κ3) is 1.24. The van der Waals surface area contributed by atoms with Gasteiger partial charge in [0.2, 0.25) is 0 Å². The van der Waals surface area contributed by atoms with Gasteiger partial charge < -0.3 is 0 Å². The minimum atomic E-state index is 0.848. The molecule has 0 saturated carbocycles. The Hall–Kier alpha value is -0.170. The average molecular weight is 338 g/mol. The molecule has 0 aliphatic rings. The van der Waals surface area contributed by atoms with Gasteiger partial charge in [0.15, 0.2) is 0 Å². The van der Waals surface area contributed by atoms with Crippen molar-refractivity contribution in [1.29, 1.82) is 0 Å². The molecule has 0 N–H and O–H groups in total. The Morgan fingerprint density at radius 2 is 2.33 bits per heavy atom. The molecule has 0 aromatic carbocycles. The first kappa shape index (κ1) is 8.43. The molecule has 0 amide bonds. The SMILES string of the molecule is Cn1nc2cnc(Br)cc2c1I. The zero-order valence-corrected chi connectivity index (χ0v) is 10.00. The first-order valence-electron chi connectivity index (χ1n) is 3.32. The second-order valence-electron chi connectivity index (χ2n) is 2.44. The van der Waals surface area contributed by atoms with E-state index in [0.717, 1.165) is 19.2 Å². The highest BCUT2D eigenvalue weighted by Crippen LogP contribution is 2.21. The minimum Gasteiger partial charge on any atom is -0.261 e. The molecule has 62 valence electrons. The summed E-state index contributed by atoms with van der Waals surface area (Å²) in [6, 6.07) is 1.98. The molecule has 0 fully saturated rings. The van der Waals surface area contributed by atoms with E-state index in [1.54, 1.807) is 6.20 Å². The van der Waals surface area contributed by atoms with E-state index in [2.05, 4.69) is 48.6 Å².